The Morgan fingerprint density at radius 3 is 2.19 bits per heavy atom. The number of nitrogens with zero attached hydrogens (tertiary/aromatic N) is 1. The minimum Gasteiger partial charge on any atom is -0.318 e. The lowest BCUT2D eigenvalue weighted by atomic mass is 10.1. The second-order valence-corrected chi connectivity index (χ2v) is 3.60. The lowest BCUT2D eigenvalue weighted by molar-refractivity contribution is -0.137. The predicted molar refractivity (Wildman–Crippen MR) is 51.8 cm³/mol. The van der Waals surface area contributed by atoms with E-state index in [0.717, 1.165) is 12.1 Å². The Morgan fingerprint density at radius 1 is 1.25 bits per heavy atom. The quantitative estimate of drug-likeness (QED) is 0.741. The standard InChI is InChI=1S/C10H9F3N2O/c11-10(12,13)6-1-3-7(4-2-6)15-5-8(14)9(15)16/h1-4,8H,5,14H2. The third-order valence-corrected chi connectivity index (χ3v) is 2.47. The first-order valence-corrected chi connectivity index (χ1v) is 4.64. The van der Waals surface area contributed by atoms with Gasteiger partial charge in [-0.3, -0.25) is 4.79 Å². The fourth-order valence-electron chi connectivity index (χ4n) is 1.52. The second kappa shape index (κ2) is 3.48. The molecule has 6 heteroatoms. The Hall–Kier alpha value is -1.56. The lowest BCUT2D eigenvalue weighted by Gasteiger charge is -2.36. The van der Waals surface area contributed by atoms with Crippen molar-refractivity contribution in [2.24, 2.45) is 5.73 Å². The van der Waals surface area contributed by atoms with Crippen molar-refractivity contribution in [2.45, 2.75) is 12.2 Å². The number of carbonyl (C=O) groups excluding carboxylic acids is 1. The summed E-state index contributed by atoms with van der Waals surface area (Å²) in [6.45, 7) is 0.351. The van der Waals surface area contributed by atoms with Gasteiger partial charge < -0.3 is 10.6 Å². The Labute approximate surface area is 89.6 Å². The Morgan fingerprint density at radius 2 is 1.81 bits per heavy atom. The number of amides is 1. The van der Waals surface area contributed by atoms with Gasteiger partial charge in [-0.15, -0.1) is 0 Å². The van der Waals surface area contributed by atoms with Crippen LogP contribution < -0.4 is 10.6 Å². The van der Waals surface area contributed by atoms with E-state index in [1.807, 2.05) is 0 Å². The molecule has 1 aliphatic heterocycles. The van der Waals surface area contributed by atoms with Crippen molar-refractivity contribution >= 4 is 11.6 Å². The maximum absolute atomic E-state index is 12.3. The molecule has 0 saturated carbocycles. The Bertz CT molecular complexity index is 413. The van der Waals surface area contributed by atoms with Gasteiger partial charge in [0.1, 0.15) is 6.04 Å². The van der Waals surface area contributed by atoms with Crippen molar-refractivity contribution in [2.75, 3.05) is 11.4 Å². The summed E-state index contributed by atoms with van der Waals surface area (Å²) in [6, 6.07) is 3.92. The van der Waals surface area contributed by atoms with E-state index in [-0.39, 0.29) is 5.91 Å². The van der Waals surface area contributed by atoms with Crippen LogP contribution in [0.1, 0.15) is 5.56 Å². The molecule has 1 atom stereocenters. The summed E-state index contributed by atoms with van der Waals surface area (Å²) in [5, 5.41) is 0. The normalized spacial score (nSPS) is 20.9. The van der Waals surface area contributed by atoms with E-state index >= 15 is 0 Å². The average Bonchev–Trinajstić information content (AvgIpc) is 2.24. The molecule has 2 rings (SSSR count). The van der Waals surface area contributed by atoms with Gasteiger partial charge in [0.25, 0.3) is 0 Å². The molecule has 3 nitrogen and oxygen atoms in total. The van der Waals surface area contributed by atoms with Crippen LogP contribution in [-0.4, -0.2) is 18.5 Å². The number of nitrogens with two attached hydrogens (primary N) is 1. The van der Waals surface area contributed by atoms with E-state index in [2.05, 4.69) is 0 Å². The van der Waals surface area contributed by atoms with E-state index in [0.29, 0.717) is 12.2 Å². The summed E-state index contributed by atoms with van der Waals surface area (Å²) in [7, 11) is 0. The number of anilines is 1. The third-order valence-electron chi connectivity index (χ3n) is 2.47. The van der Waals surface area contributed by atoms with E-state index < -0.39 is 17.8 Å². The molecule has 2 N–H and O–H groups in total. The minimum absolute atomic E-state index is 0.264. The SMILES string of the molecule is NC1CN(c2ccc(C(F)(F)F)cc2)C1=O. The van der Waals surface area contributed by atoms with Gasteiger partial charge in [0.2, 0.25) is 5.91 Å². The van der Waals surface area contributed by atoms with Crippen molar-refractivity contribution < 1.29 is 18.0 Å². The zero-order valence-electron chi connectivity index (χ0n) is 8.16. The van der Waals surface area contributed by atoms with Crippen LogP contribution in [0, 0.1) is 0 Å². The number of hydrogen-bond donors (Lipinski definition) is 1. The molecule has 0 aromatic heterocycles. The highest BCUT2D eigenvalue weighted by molar-refractivity contribution is 6.03. The number of alkyl halides is 3. The molecule has 86 valence electrons. The maximum atomic E-state index is 12.3. The molecular formula is C10H9F3N2O. The summed E-state index contributed by atoms with van der Waals surface area (Å²) in [5.41, 5.74) is 5.09. The topological polar surface area (TPSA) is 46.3 Å². The van der Waals surface area contributed by atoms with Crippen molar-refractivity contribution in [3.8, 4) is 0 Å². The maximum Gasteiger partial charge on any atom is 0.416 e. The Kier molecular flexibility index (Phi) is 2.38. The van der Waals surface area contributed by atoms with E-state index in [9.17, 15) is 18.0 Å². The molecule has 0 spiro atoms. The highest BCUT2D eigenvalue weighted by Gasteiger charge is 2.35. The molecule has 16 heavy (non-hydrogen) atoms. The van der Waals surface area contributed by atoms with Crippen molar-refractivity contribution in [3.63, 3.8) is 0 Å². The molecular weight excluding hydrogens is 221 g/mol. The first kappa shape index (κ1) is 10.9. The molecule has 1 amide bonds. The zero-order valence-corrected chi connectivity index (χ0v) is 8.16. The molecule has 1 heterocycles. The molecule has 1 aromatic rings. The van der Waals surface area contributed by atoms with Gasteiger partial charge >= 0.3 is 6.18 Å². The van der Waals surface area contributed by atoms with E-state index in [4.69, 9.17) is 5.73 Å². The van der Waals surface area contributed by atoms with Gasteiger partial charge in [-0.1, -0.05) is 0 Å². The van der Waals surface area contributed by atoms with Crippen LogP contribution in [0.4, 0.5) is 18.9 Å². The zero-order chi connectivity index (χ0) is 11.9. The monoisotopic (exact) mass is 230 g/mol. The minimum atomic E-state index is -4.35. The average molecular weight is 230 g/mol. The van der Waals surface area contributed by atoms with Gasteiger partial charge in [-0.2, -0.15) is 13.2 Å². The van der Waals surface area contributed by atoms with Crippen LogP contribution in [-0.2, 0) is 11.0 Å². The molecule has 1 fully saturated rings. The smallest absolute Gasteiger partial charge is 0.318 e. The van der Waals surface area contributed by atoms with Crippen LogP contribution in [0.5, 0.6) is 0 Å². The summed E-state index contributed by atoms with van der Waals surface area (Å²) in [5.74, 6) is -0.264. The predicted octanol–water partition coefficient (Wildman–Crippen LogP) is 1.38. The van der Waals surface area contributed by atoms with E-state index in [1.165, 1.54) is 17.0 Å². The largest absolute Gasteiger partial charge is 0.416 e. The van der Waals surface area contributed by atoms with Crippen LogP contribution in [0.2, 0.25) is 0 Å². The van der Waals surface area contributed by atoms with Crippen LogP contribution in [0.15, 0.2) is 24.3 Å². The van der Waals surface area contributed by atoms with Crippen molar-refractivity contribution in [1.82, 2.24) is 0 Å². The van der Waals surface area contributed by atoms with Gasteiger partial charge in [0.05, 0.1) is 12.1 Å². The fourth-order valence-corrected chi connectivity index (χ4v) is 1.52. The van der Waals surface area contributed by atoms with Crippen LogP contribution in [0.3, 0.4) is 0 Å². The molecule has 0 radical (unpaired) electrons. The number of carbonyl (C=O) groups is 1. The highest BCUT2D eigenvalue weighted by atomic mass is 19.4. The van der Waals surface area contributed by atoms with E-state index in [1.54, 1.807) is 0 Å². The number of halogens is 3. The van der Waals surface area contributed by atoms with Gasteiger partial charge in [-0.25, -0.2) is 0 Å². The summed E-state index contributed by atoms with van der Waals surface area (Å²) in [4.78, 5) is 12.6. The molecule has 1 aromatic carbocycles. The fraction of sp³-hybridized carbons (Fsp3) is 0.300. The first-order chi connectivity index (χ1) is 7.39. The van der Waals surface area contributed by atoms with Crippen molar-refractivity contribution in [1.29, 1.82) is 0 Å². The number of benzene rings is 1. The summed E-state index contributed by atoms with van der Waals surface area (Å²) < 4.78 is 36.8. The van der Waals surface area contributed by atoms with Gasteiger partial charge in [-0.05, 0) is 24.3 Å². The Balaban J connectivity index is 2.18. The first-order valence-electron chi connectivity index (χ1n) is 4.64. The summed E-state index contributed by atoms with van der Waals surface area (Å²) >= 11 is 0. The van der Waals surface area contributed by atoms with Crippen LogP contribution >= 0.6 is 0 Å². The highest BCUT2D eigenvalue weighted by Crippen LogP contribution is 2.31. The molecule has 1 unspecified atom stereocenters. The van der Waals surface area contributed by atoms with Gasteiger partial charge in [0, 0.05) is 5.69 Å². The number of hydrogen-bond acceptors (Lipinski definition) is 2. The number of β-lactam (4-membered cyclic amide) rings is 1. The summed E-state index contributed by atoms with van der Waals surface area (Å²) in [6.07, 6.45) is -4.35. The molecule has 0 aliphatic carbocycles. The molecule has 1 saturated heterocycles. The third kappa shape index (κ3) is 1.76. The van der Waals surface area contributed by atoms with Crippen LogP contribution in [0.25, 0.3) is 0 Å². The second-order valence-electron chi connectivity index (χ2n) is 3.60. The lowest BCUT2D eigenvalue weighted by Crippen LogP contribution is -2.61. The number of rotatable bonds is 1. The van der Waals surface area contributed by atoms with Crippen molar-refractivity contribution in [3.05, 3.63) is 29.8 Å². The van der Waals surface area contributed by atoms with Gasteiger partial charge in [0.15, 0.2) is 0 Å². The molecule has 0 bridgehead atoms. The molecule has 1 aliphatic rings.